The number of hydrogen-bond donors (Lipinski definition) is 1. The topological polar surface area (TPSA) is 163 Å². The maximum Gasteiger partial charge on any atom is 0.257 e. The lowest BCUT2D eigenvalue weighted by atomic mass is 9.90. The summed E-state index contributed by atoms with van der Waals surface area (Å²) in [4.78, 5) is 11.7. The van der Waals surface area contributed by atoms with Gasteiger partial charge in [0.15, 0.2) is 0 Å². The first-order chi connectivity index (χ1) is 23.1. The largest absolute Gasteiger partial charge is 0.487 e. The highest BCUT2D eigenvalue weighted by Crippen LogP contribution is 2.35. The van der Waals surface area contributed by atoms with Crippen LogP contribution in [0.5, 0.6) is 11.6 Å². The van der Waals surface area contributed by atoms with Gasteiger partial charge in [0, 0.05) is 43.7 Å². The second kappa shape index (κ2) is 15.8. The maximum atomic E-state index is 9.65. The van der Waals surface area contributed by atoms with Crippen molar-refractivity contribution in [1.29, 1.82) is 5.26 Å². The number of tetrazole rings is 1. The van der Waals surface area contributed by atoms with Gasteiger partial charge >= 0.3 is 0 Å². The Balaban J connectivity index is 1.13. The van der Waals surface area contributed by atoms with E-state index in [0.717, 1.165) is 63.1 Å². The highest BCUT2D eigenvalue weighted by Gasteiger charge is 2.29. The molecule has 0 unspecified atom stereocenters. The standard InChI is InChI=1S/C32H41N11O4/c1-3-44-14-15-46-31-29(21-43(38-31)28-8-6-27(7-9-28)41-10-12-45-13-11-41)37-32-34-18-26(19-35-32)24-4-5-25(17-33)30(16-24)47-23(2)20-42-22-36-39-40-42/h4-5,16,18-19,21-23,27-28H,3,6-15,20H2,1-2H3,(H,34,35,37)/t23-,27?,28?/m0/s1. The maximum absolute atomic E-state index is 9.65. The number of nitrogens with zero attached hydrogens (tertiary/aromatic N) is 10. The predicted octanol–water partition coefficient (Wildman–Crippen LogP) is 3.64. The zero-order valence-corrected chi connectivity index (χ0v) is 26.9. The molecule has 6 rings (SSSR count). The van der Waals surface area contributed by atoms with Gasteiger partial charge in [0.2, 0.25) is 5.95 Å². The van der Waals surface area contributed by atoms with E-state index in [0.29, 0.717) is 67.3 Å². The fraction of sp³-hybridized carbons (Fsp3) is 0.531. The molecule has 2 aliphatic rings. The second-order valence-electron chi connectivity index (χ2n) is 11.7. The normalized spacial score (nSPS) is 19.2. The fourth-order valence-electron chi connectivity index (χ4n) is 6.06. The first kappa shape index (κ1) is 32.3. The molecule has 47 heavy (non-hydrogen) atoms. The first-order valence-corrected chi connectivity index (χ1v) is 16.2. The summed E-state index contributed by atoms with van der Waals surface area (Å²) in [6.07, 6.45) is 11.1. The highest BCUT2D eigenvalue weighted by atomic mass is 16.5. The molecule has 1 saturated heterocycles. The van der Waals surface area contributed by atoms with Gasteiger partial charge in [-0.3, -0.25) is 9.58 Å². The van der Waals surface area contributed by atoms with Crippen LogP contribution in [-0.2, 0) is 16.0 Å². The zero-order chi connectivity index (χ0) is 32.4. The molecule has 1 N–H and O–H groups in total. The molecule has 3 aromatic heterocycles. The lowest BCUT2D eigenvalue weighted by Gasteiger charge is -2.38. The number of nitrogens with one attached hydrogen (secondary N) is 1. The minimum atomic E-state index is -0.269. The smallest absolute Gasteiger partial charge is 0.257 e. The van der Waals surface area contributed by atoms with Gasteiger partial charge in [0.05, 0.1) is 44.2 Å². The molecule has 0 bridgehead atoms. The van der Waals surface area contributed by atoms with Gasteiger partial charge in [-0.1, -0.05) is 6.07 Å². The Kier molecular flexibility index (Phi) is 10.8. The summed E-state index contributed by atoms with van der Waals surface area (Å²) in [5.41, 5.74) is 2.73. The van der Waals surface area contributed by atoms with Gasteiger partial charge < -0.3 is 24.3 Å². The average molecular weight is 644 g/mol. The van der Waals surface area contributed by atoms with Crippen LogP contribution in [0.3, 0.4) is 0 Å². The minimum Gasteiger partial charge on any atom is -0.487 e. The molecule has 4 aromatic rings. The number of benzene rings is 1. The van der Waals surface area contributed by atoms with E-state index in [-0.39, 0.29) is 6.10 Å². The number of rotatable bonds is 14. The quantitative estimate of drug-likeness (QED) is 0.198. The average Bonchev–Trinajstić information content (AvgIpc) is 3.77. The van der Waals surface area contributed by atoms with E-state index < -0.39 is 0 Å². The SMILES string of the molecule is CCOCCOc1nn(C2CCC(N3CCOCC3)CC2)cc1Nc1ncc(-c2ccc(C#N)c(O[C@@H](C)Cn3cnnn3)c2)cn1. The summed E-state index contributed by atoms with van der Waals surface area (Å²) >= 11 is 0. The summed E-state index contributed by atoms with van der Waals surface area (Å²) in [6, 6.07) is 8.51. The first-order valence-electron chi connectivity index (χ1n) is 16.2. The van der Waals surface area contributed by atoms with Crippen molar-refractivity contribution in [3.63, 3.8) is 0 Å². The van der Waals surface area contributed by atoms with E-state index in [4.69, 9.17) is 24.0 Å². The van der Waals surface area contributed by atoms with Crippen molar-refractivity contribution < 1.29 is 18.9 Å². The van der Waals surface area contributed by atoms with Crippen LogP contribution in [0.25, 0.3) is 11.1 Å². The monoisotopic (exact) mass is 643 g/mol. The van der Waals surface area contributed by atoms with Crippen LogP contribution in [0.15, 0.2) is 43.1 Å². The third-order valence-electron chi connectivity index (χ3n) is 8.47. The molecule has 0 amide bonds. The molecule has 15 heteroatoms. The molecule has 1 aliphatic carbocycles. The van der Waals surface area contributed by atoms with E-state index in [2.05, 4.69) is 41.8 Å². The molecule has 1 atom stereocenters. The number of morpholine rings is 1. The molecular formula is C32H41N11O4. The molecule has 4 heterocycles. The Morgan fingerprint density at radius 3 is 2.57 bits per heavy atom. The van der Waals surface area contributed by atoms with E-state index in [1.165, 1.54) is 6.33 Å². The molecule has 1 saturated carbocycles. The van der Waals surface area contributed by atoms with Crippen molar-refractivity contribution in [1.82, 2.24) is 44.9 Å². The number of anilines is 2. The molecule has 1 aromatic carbocycles. The third-order valence-corrected chi connectivity index (χ3v) is 8.47. The molecule has 0 radical (unpaired) electrons. The van der Waals surface area contributed by atoms with E-state index >= 15 is 0 Å². The minimum absolute atomic E-state index is 0.269. The lowest BCUT2D eigenvalue weighted by Crippen LogP contribution is -2.45. The van der Waals surface area contributed by atoms with Crippen LogP contribution in [0.1, 0.15) is 51.1 Å². The number of nitriles is 1. The Morgan fingerprint density at radius 1 is 1.06 bits per heavy atom. The van der Waals surface area contributed by atoms with Crippen LogP contribution in [0.4, 0.5) is 11.6 Å². The summed E-state index contributed by atoms with van der Waals surface area (Å²) in [7, 11) is 0. The molecule has 15 nitrogen and oxygen atoms in total. The van der Waals surface area contributed by atoms with Crippen LogP contribution < -0.4 is 14.8 Å². The summed E-state index contributed by atoms with van der Waals surface area (Å²) in [5.74, 6) is 1.38. The Bertz CT molecular complexity index is 1590. The van der Waals surface area contributed by atoms with Crippen LogP contribution in [0, 0.1) is 11.3 Å². The van der Waals surface area contributed by atoms with Crippen LogP contribution >= 0.6 is 0 Å². The Labute approximate surface area is 273 Å². The van der Waals surface area contributed by atoms with E-state index in [1.54, 1.807) is 23.1 Å². The van der Waals surface area contributed by atoms with Crippen molar-refractivity contribution in [2.75, 3.05) is 51.4 Å². The summed E-state index contributed by atoms with van der Waals surface area (Å²) < 4.78 is 26.8. The van der Waals surface area contributed by atoms with E-state index in [9.17, 15) is 5.26 Å². The Hall–Kier alpha value is -4.65. The van der Waals surface area contributed by atoms with Crippen molar-refractivity contribution in [3.8, 4) is 28.8 Å². The van der Waals surface area contributed by atoms with Gasteiger partial charge in [0.25, 0.3) is 5.88 Å². The van der Waals surface area contributed by atoms with Crippen LogP contribution in [0.2, 0.25) is 0 Å². The number of aromatic nitrogens is 8. The summed E-state index contributed by atoms with van der Waals surface area (Å²) in [5, 5.41) is 29.0. The van der Waals surface area contributed by atoms with Gasteiger partial charge in [-0.2, -0.15) is 5.26 Å². The van der Waals surface area contributed by atoms with Gasteiger partial charge in [-0.25, -0.2) is 14.6 Å². The van der Waals surface area contributed by atoms with Crippen molar-refractivity contribution in [2.45, 2.75) is 64.3 Å². The van der Waals surface area contributed by atoms with Crippen molar-refractivity contribution >= 4 is 11.6 Å². The Morgan fingerprint density at radius 2 is 1.85 bits per heavy atom. The van der Waals surface area contributed by atoms with Crippen molar-refractivity contribution in [3.05, 3.63) is 48.7 Å². The van der Waals surface area contributed by atoms with Crippen molar-refractivity contribution in [2.24, 2.45) is 0 Å². The van der Waals surface area contributed by atoms with Gasteiger partial charge in [-0.15, -0.1) is 10.2 Å². The summed E-state index contributed by atoms with van der Waals surface area (Å²) in [6.45, 7) is 9.47. The zero-order valence-electron chi connectivity index (χ0n) is 26.9. The molecule has 248 valence electrons. The third kappa shape index (κ3) is 8.39. The van der Waals surface area contributed by atoms with Crippen LogP contribution in [-0.4, -0.2) is 103 Å². The van der Waals surface area contributed by atoms with Gasteiger partial charge in [0.1, 0.15) is 36.5 Å². The molecule has 2 fully saturated rings. The van der Waals surface area contributed by atoms with E-state index in [1.807, 2.05) is 36.9 Å². The second-order valence-corrected chi connectivity index (χ2v) is 11.7. The number of ether oxygens (including phenoxy) is 4. The molecular weight excluding hydrogens is 602 g/mol. The number of hydrogen-bond acceptors (Lipinski definition) is 13. The fourth-order valence-corrected chi connectivity index (χ4v) is 6.06. The van der Waals surface area contributed by atoms with Gasteiger partial charge in [-0.05, 0) is 67.7 Å². The molecule has 1 aliphatic heterocycles. The lowest BCUT2D eigenvalue weighted by molar-refractivity contribution is 0.00502. The molecule has 0 spiro atoms. The highest BCUT2D eigenvalue weighted by molar-refractivity contribution is 5.67. The predicted molar refractivity (Wildman–Crippen MR) is 171 cm³/mol.